The Morgan fingerprint density at radius 1 is 1.29 bits per heavy atom. The zero-order chi connectivity index (χ0) is 12.2. The summed E-state index contributed by atoms with van der Waals surface area (Å²) in [5, 5.41) is 7.04. The van der Waals surface area contributed by atoms with Crippen LogP contribution in [0.5, 0.6) is 0 Å². The first-order chi connectivity index (χ1) is 7.39. The van der Waals surface area contributed by atoms with Crippen LogP contribution in [-0.2, 0) is 0 Å². The van der Waals surface area contributed by atoms with Crippen LogP contribution in [-0.4, -0.2) is 16.1 Å². The van der Waals surface area contributed by atoms with Crippen LogP contribution < -0.4 is 10.6 Å². The zero-order valence-corrected chi connectivity index (χ0v) is 12.3. The molecule has 1 aromatic rings. The number of rotatable bonds is 2. The van der Waals surface area contributed by atoms with Gasteiger partial charge in [-0.1, -0.05) is 20.8 Å². The maximum Gasteiger partial charge on any atom is 0.171 e. The third kappa shape index (κ3) is 5.84. The summed E-state index contributed by atoms with van der Waals surface area (Å²) < 4.78 is 0. The zero-order valence-electron chi connectivity index (χ0n) is 10.7. The fraction of sp³-hybridized carbons (Fsp3) is 0.500. The topological polar surface area (TPSA) is 37.0 Å². The van der Waals surface area contributed by atoms with Crippen LogP contribution in [0, 0.1) is 5.41 Å². The van der Waals surface area contributed by atoms with Gasteiger partial charge in [-0.2, -0.15) is 0 Å². The summed E-state index contributed by atoms with van der Waals surface area (Å²) in [5.41, 5.74) is 1.14. The molecule has 3 nitrogen and oxygen atoms in total. The van der Waals surface area contributed by atoms with E-state index in [1.54, 1.807) is 12.4 Å². The van der Waals surface area contributed by atoms with Crippen molar-refractivity contribution in [1.29, 1.82) is 0 Å². The molecule has 1 rings (SSSR count). The molecule has 1 aromatic heterocycles. The molecule has 0 unspecified atom stereocenters. The molecule has 0 aliphatic heterocycles. The van der Waals surface area contributed by atoms with E-state index in [1.165, 1.54) is 0 Å². The first-order valence-electron chi connectivity index (χ1n) is 5.37. The van der Waals surface area contributed by atoms with Gasteiger partial charge in [0.15, 0.2) is 5.11 Å². The lowest BCUT2D eigenvalue weighted by atomic mass is 9.88. The van der Waals surface area contributed by atoms with E-state index in [1.807, 2.05) is 12.1 Å². The van der Waals surface area contributed by atoms with Crippen molar-refractivity contribution in [3.8, 4) is 0 Å². The Kier molecular flexibility index (Phi) is 6.42. The van der Waals surface area contributed by atoms with Gasteiger partial charge in [-0.25, -0.2) is 0 Å². The smallest absolute Gasteiger partial charge is 0.171 e. The van der Waals surface area contributed by atoms with Crippen LogP contribution in [0.25, 0.3) is 0 Å². The molecule has 0 saturated heterocycles. The average Bonchev–Trinajstić information content (AvgIpc) is 2.17. The first-order valence-corrected chi connectivity index (χ1v) is 5.78. The highest BCUT2D eigenvalue weighted by atomic mass is 35.5. The minimum absolute atomic E-state index is 0. The van der Waals surface area contributed by atoms with E-state index in [0.29, 0.717) is 11.2 Å². The van der Waals surface area contributed by atoms with E-state index in [-0.39, 0.29) is 17.8 Å². The molecule has 0 bridgehead atoms. The highest BCUT2D eigenvalue weighted by Crippen LogP contribution is 2.18. The van der Waals surface area contributed by atoms with Crippen molar-refractivity contribution in [3.05, 3.63) is 24.5 Å². The summed E-state index contributed by atoms with van der Waals surface area (Å²) in [6.45, 7) is 8.67. The molecule has 0 saturated carbocycles. The molecule has 0 aliphatic carbocycles. The van der Waals surface area contributed by atoms with Crippen LogP contribution in [0.1, 0.15) is 27.7 Å². The number of hydrogen-bond acceptors (Lipinski definition) is 2. The summed E-state index contributed by atoms with van der Waals surface area (Å²) in [6, 6.07) is 4.08. The van der Waals surface area contributed by atoms with Crippen molar-refractivity contribution < 1.29 is 0 Å². The summed E-state index contributed by atoms with van der Waals surface area (Å²) in [4.78, 5) is 3.95. The number of nitrogens with one attached hydrogen (secondary N) is 2. The highest BCUT2D eigenvalue weighted by Gasteiger charge is 2.20. The lowest BCUT2D eigenvalue weighted by Crippen LogP contribution is -2.43. The van der Waals surface area contributed by atoms with Gasteiger partial charge in [-0.05, 0) is 36.7 Å². The Bertz CT molecular complexity index is 349. The monoisotopic (exact) mass is 273 g/mol. The third-order valence-corrected chi connectivity index (χ3v) is 2.80. The Labute approximate surface area is 115 Å². The summed E-state index contributed by atoms with van der Waals surface area (Å²) in [5.74, 6) is 0. The van der Waals surface area contributed by atoms with Crippen LogP contribution in [0.15, 0.2) is 24.5 Å². The van der Waals surface area contributed by atoms with E-state index in [4.69, 9.17) is 12.2 Å². The molecule has 0 aliphatic rings. The fourth-order valence-corrected chi connectivity index (χ4v) is 1.31. The van der Waals surface area contributed by atoms with Crippen LogP contribution in [0.4, 0.5) is 5.69 Å². The minimum atomic E-state index is 0. The molecule has 0 amide bonds. The Morgan fingerprint density at radius 2 is 1.82 bits per heavy atom. The number of nitrogens with zero attached hydrogens (tertiary/aromatic N) is 1. The second kappa shape index (κ2) is 6.77. The van der Waals surface area contributed by atoms with Crippen molar-refractivity contribution in [3.63, 3.8) is 0 Å². The second-order valence-corrected chi connectivity index (χ2v) is 5.33. The van der Waals surface area contributed by atoms with Crippen molar-refractivity contribution in [2.75, 3.05) is 5.32 Å². The van der Waals surface area contributed by atoms with Gasteiger partial charge in [-0.3, -0.25) is 4.98 Å². The largest absolute Gasteiger partial charge is 0.359 e. The molecule has 0 aromatic carbocycles. The lowest BCUT2D eigenvalue weighted by Gasteiger charge is -2.29. The Balaban J connectivity index is 0.00000256. The summed E-state index contributed by atoms with van der Waals surface area (Å²) >= 11 is 5.24. The van der Waals surface area contributed by atoms with E-state index >= 15 is 0 Å². The van der Waals surface area contributed by atoms with Gasteiger partial charge in [0.25, 0.3) is 0 Å². The Morgan fingerprint density at radius 3 is 2.29 bits per heavy atom. The van der Waals surface area contributed by atoms with Crippen LogP contribution >= 0.6 is 24.6 Å². The fourth-order valence-electron chi connectivity index (χ4n) is 1.02. The van der Waals surface area contributed by atoms with Gasteiger partial charge in [0, 0.05) is 24.1 Å². The van der Waals surface area contributed by atoms with Crippen molar-refractivity contribution in [1.82, 2.24) is 10.3 Å². The van der Waals surface area contributed by atoms with Crippen LogP contribution in [0.2, 0.25) is 0 Å². The van der Waals surface area contributed by atoms with Gasteiger partial charge in [0.1, 0.15) is 0 Å². The molecule has 1 heterocycles. The van der Waals surface area contributed by atoms with E-state index in [2.05, 4.69) is 43.3 Å². The SMILES string of the molecule is C[C@@H](NC(=S)Nc1ccncc1)C(C)(C)C.Cl. The Hall–Kier alpha value is -0.870. The minimum Gasteiger partial charge on any atom is -0.359 e. The average molecular weight is 274 g/mol. The summed E-state index contributed by atoms with van der Waals surface area (Å²) in [7, 11) is 0. The lowest BCUT2D eigenvalue weighted by molar-refractivity contribution is 0.317. The summed E-state index contributed by atoms with van der Waals surface area (Å²) in [6.07, 6.45) is 3.47. The molecule has 0 spiro atoms. The molecule has 0 radical (unpaired) electrons. The van der Waals surface area contributed by atoms with Crippen molar-refractivity contribution in [2.24, 2.45) is 5.41 Å². The number of thiocarbonyl (C=S) groups is 1. The van der Waals surface area contributed by atoms with E-state index in [9.17, 15) is 0 Å². The molecular weight excluding hydrogens is 254 g/mol. The van der Waals surface area contributed by atoms with Gasteiger partial charge in [0.2, 0.25) is 0 Å². The number of hydrogen-bond donors (Lipinski definition) is 2. The van der Waals surface area contributed by atoms with Crippen LogP contribution in [0.3, 0.4) is 0 Å². The number of pyridine rings is 1. The molecule has 1 atom stereocenters. The van der Waals surface area contributed by atoms with Crippen molar-refractivity contribution >= 4 is 35.4 Å². The normalized spacial score (nSPS) is 12.2. The maximum absolute atomic E-state index is 5.24. The molecule has 96 valence electrons. The molecular formula is C12H20ClN3S. The molecule has 5 heteroatoms. The third-order valence-electron chi connectivity index (χ3n) is 2.58. The van der Waals surface area contributed by atoms with Gasteiger partial charge in [0.05, 0.1) is 0 Å². The van der Waals surface area contributed by atoms with Gasteiger partial charge < -0.3 is 10.6 Å². The van der Waals surface area contributed by atoms with Crippen molar-refractivity contribution in [2.45, 2.75) is 33.7 Å². The standard InChI is InChI=1S/C12H19N3S.ClH/c1-9(12(2,3)4)14-11(16)15-10-5-7-13-8-6-10;/h5-9H,1-4H3,(H2,13,14,15,16);1H/t9-;/m1./s1. The quantitative estimate of drug-likeness (QED) is 0.812. The highest BCUT2D eigenvalue weighted by molar-refractivity contribution is 7.80. The molecule has 0 fully saturated rings. The molecule has 2 N–H and O–H groups in total. The van der Waals surface area contributed by atoms with Gasteiger partial charge in [-0.15, -0.1) is 12.4 Å². The predicted octanol–water partition coefficient (Wildman–Crippen LogP) is 3.22. The first kappa shape index (κ1) is 16.1. The van der Waals surface area contributed by atoms with Gasteiger partial charge >= 0.3 is 0 Å². The number of aromatic nitrogens is 1. The second-order valence-electron chi connectivity index (χ2n) is 4.92. The molecule has 17 heavy (non-hydrogen) atoms. The maximum atomic E-state index is 5.24. The number of halogens is 1. The van der Waals surface area contributed by atoms with E-state index < -0.39 is 0 Å². The number of anilines is 1. The predicted molar refractivity (Wildman–Crippen MR) is 79.8 cm³/mol. The van der Waals surface area contributed by atoms with E-state index in [0.717, 1.165) is 5.69 Å².